The highest BCUT2D eigenvalue weighted by Gasteiger charge is 2.29. The number of carbonyl (C=O) groups excluding carboxylic acids is 1. The third-order valence-electron chi connectivity index (χ3n) is 8.28. The van der Waals surface area contributed by atoms with Crippen molar-refractivity contribution in [3.63, 3.8) is 0 Å². The van der Waals surface area contributed by atoms with Crippen LogP contribution in [0, 0.1) is 37.9 Å². The minimum absolute atomic E-state index is 0.00603. The van der Waals surface area contributed by atoms with Gasteiger partial charge in [-0.15, -0.1) is 0 Å². The summed E-state index contributed by atoms with van der Waals surface area (Å²) in [6.07, 6.45) is 3.36. The van der Waals surface area contributed by atoms with Gasteiger partial charge in [0.25, 0.3) is 5.91 Å². The number of amides is 1. The van der Waals surface area contributed by atoms with E-state index in [4.69, 9.17) is 5.14 Å². The summed E-state index contributed by atoms with van der Waals surface area (Å²) in [5.74, 6) is 0.205. The molecule has 5 rings (SSSR count). The first kappa shape index (κ1) is 40.2. The van der Waals surface area contributed by atoms with Gasteiger partial charge in [-0.25, -0.2) is 18.7 Å². The normalized spacial score (nSPS) is 15.0. The van der Waals surface area contributed by atoms with E-state index in [0.717, 1.165) is 59.6 Å². The lowest BCUT2D eigenvalue weighted by Gasteiger charge is -2.37. The van der Waals surface area contributed by atoms with Gasteiger partial charge in [0.1, 0.15) is 28.7 Å². The van der Waals surface area contributed by atoms with Crippen molar-refractivity contribution in [2.75, 3.05) is 54.4 Å². The zero-order valence-electron chi connectivity index (χ0n) is 30.2. The maximum atomic E-state index is 13.8. The Morgan fingerprint density at radius 2 is 1.56 bits per heavy atom. The SMILES string of the molecule is CC.CC.CC.Cc1cc(C)c(C(=O)N2CCN(c3ncccc3S(N)=O)CC2)c(C)c1NC1CCN(c2ccc(F)cc2C#N)CC1. The Hall–Kier alpha value is -4.01. The first-order valence-corrected chi connectivity index (χ1v) is 18.4. The number of benzene rings is 2. The number of halogens is 1. The Balaban J connectivity index is 0.00000126. The molecule has 2 aliphatic heterocycles. The molecule has 0 bridgehead atoms. The van der Waals surface area contributed by atoms with Crippen molar-refractivity contribution in [2.24, 2.45) is 5.14 Å². The molecule has 9 nitrogen and oxygen atoms in total. The Kier molecular flexibility index (Phi) is 16.5. The van der Waals surface area contributed by atoms with E-state index < -0.39 is 16.8 Å². The average Bonchev–Trinajstić information content (AvgIpc) is 3.12. The minimum Gasteiger partial charge on any atom is -0.382 e. The summed E-state index contributed by atoms with van der Waals surface area (Å²) in [5.41, 5.74) is 5.82. The minimum atomic E-state index is -1.64. The van der Waals surface area contributed by atoms with Gasteiger partial charge in [-0.2, -0.15) is 5.26 Å². The Morgan fingerprint density at radius 3 is 2.15 bits per heavy atom. The largest absolute Gasteiger partial charge is 0.382 e. The fraction of sp³-hybridized carbons (Fsp3) is 0.486. The van der Waals surface area contributed by atoms with Crippen molar-refractivity contribution in [3.8, 4) is 6.07 Å². The number of nitriles is 1. The molecular formula is C37H54FN7O2S. The maximum absolute atomic E-state index is 13.8. The standard InChI is InChI=1S/C31H36FN7O2S.3C2H6/c1-20-17-21(2)29(36-25-8-11-37(12-9-25)26-7-6-24(32)18-23(26)19-33)22(3)28(20)31(40)39-15-13-38(14-16-39)30-27(42(34)41)5-4-10-35-30;3*1-2/h4-7,10,17-18,25,36H,8-9,11-16,34H2,1-3H3;3*1-2H3. The van der Waals surface area contributed by atoms with E-state index in [1.807, 2.05) is 65.2 Å². The van der Waals surface area contributed by atoms with E-state index in [1.165, 1.54) is 12.1 Å². The number of hydrogen-bond donors (Lipinski definition) is 2. The molecule has 1 atom stereocenters. The molecule has 0 radical (unpaired) electrons. The Morgan fingerprint density at radius 1 is 0.938 bits per heavy atom. The lowest BCUT2D eigenvalue weighted by Crippen LogP contribution is -2.49. The van der Waals surface area contributed by atoms with Crippen LogP contribution in [0.5, 0.6) is 0 Å². The molecule has 2 aromatic carbocycles. The van der Waals surface area contributed by atoms with Crippen LogP contribution in [0.4, 0.5) is 21.6 Å². The number of nitrogens with zero attached hydrogens (tertiary/aromatic N) is 5. The quantitative estimate of drug-likeness (QED) is 0.285. The van der Waals surface area contributed by atoms with Gasteiger partial charge in [-0.3, -0.25) is 4.79 Å². The number of aryl methyl sites for hydroxylation is 2. The topological polar surface area (TPSA) is 119 Å². The summed E-state index contributed by atoms with van der Waals surface area (Å²) < 4.78 is 25.6. The van der Waals surface area contributed by atoms with Crippen LogP contribution in [0.2, 0.25) is 0 Å². The summed E-state index contributed by atoms with van der Waals surface area (Å²) in [5, 5.41) is 18.8. The third kappa shape index (κ3) is 9.54. The fourth-order valence-electron chi connectivity index (χ4n) is 6.14. The molecule has 3 heterocycles. The van der Waals surface area contributed by atoms with Crippen LogP contribution in [-0.4, -0.2) is 65.3 Å². The molecule has 1 unspecified atom stereocenters. The molecule has 2 fully saturated rings. The summed E-state index contributed by atoms with van der Waals surface area (Å²) in [6, 6.07) is 12.2. The second-order valence-corrected chi connectivity index (χ2v) is 12.0. The summed E-state index contributed by atoms with van der Waals surface area (Å²) in [6.45, 7) is 21.7. The van der Waals surface area contributed by atoms with Crippen LogP contribution in [0.25, 0.3) is 0 Å². The lowest BCUT2D eigenvalue weighted by molar-refractivity contribution is 0.0745. The van der Waals surface area contributed by atoms with Gasteiger partial charge in [-0.1, -0.05) is 47.6 Å². The highest BCUT2D eigenvalue weighted by Crippen LogP contribution is 2.32. The Labute approximate surface area is 289 Å². The number of carbonyl (C=O) groups is 1. The lowest BCUT2D eigenvalue weighted by atomic mass is 9.94. The van der Waals surface area contributed by atoms with Crippen molar-refractivity contribution < 1.29 is 13.4 Å². The van der Waals surface area contributed by atoms with Crippen LogP contribution in [0.15, 0.2) is 47.5 Å². The molecule has 0 spiro atoms. The Bertz CT molecular complexity index is 1560. The van der Waals surface area contributed by atoms with Crippen molar-refractivity contribution >= 4 is 34.1 Å². The van der Waals surface area contributed by atoms with Gasteiger partial charge >= 0.3 is 0 Å². The van der Waals surface area contributed by atoms with E-state index in [0.29, 0.717) is 42.5 Å². The van der Waals surface area contributed by atoms with Crippen molar-refractivity contribution in [1.29, 1.82) is 5.26 Å². The van der Waals surface area contributed by atoms with Crippen molar-refractivity contribution in [3.05, 3.63) is 76.2 Å². The first-order valence-electron chi connectivity index (χ1n) is 17.1. The van der Waals surface area contributed by atoms with Gasteiger partial charge in [0.2, 0.25) is 0 Å². The van der Waals surface area contributed by atoms with Crippen LogP contribution in [-0.2, 0) is 11.0 Å². The van der Waals surface area contributed by atoms with Gasteiger partial charge < -0.3 is 20.0 Å². The smallest absolute Gasteiger partial charge is 0.254 e. The number of piperazine rings is 1. The highest BCUT2D eigenvalue weighted by atomic mass is 32.2. The molecule has 11 heteroatoms. The number of nitrogens with one attached hydrogen (secondary N) is 1. The van der Waals surface area contributed by atoms with Crippen molar-refractivity contribution in [2.45, 2.75) is 86.1 Å². The number of hydrogen-bond acceptors (Lipinski definition) is 7. The fourth-order valence-corrected chi connectivity index (χ4v) is 6.71. The number of aromatic nitrogens is 1. The zero-order chi connectivity index (χ0) is 36.0. The number of nitrogens with two attached hydrogens (primary N) is 1. The summed E-state index contributed by atoms with van der Waals surface area (Å²) >= 11 is 0. The summed E-state index contributed by atoms with van der Waals surface area (Å²) in [7, 11) is -1.64. The molecule has 0 aliphatic carbocycles. The van der Waals surface area contributed by atoms with Crippen LogP contribution in [0.3, 0.4) is 0 Å². The van der Waals surface area contributed by atoms with Gasteiger partial charge in [0, 0.05) is 62.8 Å². The van der Waals surface area contributed by atoms with Gasteiger partial charge in [0.05, 0.1) is 16.1 Å². The average molecular weight is 680 g/mol. The predicted octanol–water partition coefficient (Wildman–Crippen LogP) is 7.12. The second-order valence-electron chi connectivity index (χ2n) is 11.0. The molecule has 3 aromatic rings. The van der Waals surface area contributed by atoms with E-state index in [2.05, 4.69) is 34.3 Å². The van der Waals surface area contributed by atoms with Crippen LogP contribution < -0.4 is 20.3 Å². The first-order chi connectivity index (χ1) is 23.2. The molecule has 2 saturated heterocycles. The second kappa shape index (κ2) is 19.7. The molecule has 1 aromatic heterocycles. The predicted molar refractivity (Wildman–Crippen MR) is 198 cm³/mol. The van der Waals surface area contributed by atoms with Gasteiger partial charge in [0.15, 0.2) is 0 Å². The van der Waals surface area contributed by atoms with Crippen LogP contribution in [0.1, 0.15) is 87.0 Å². The monoisotopic (exact) mass is 679 g/mol. The number of piperidine rings is 1. The molecule has 0 saturated carbocycles. The zero-order valence-corrected chi connectivity index (χ0v) is 31.0. The molecule has 3 N–H and O–H groups in total. The van der Waals surface area contributed by atoms with E-state index >= 15 is 0 Å². The van der Waals surface area contributed by atoms with Crippen LogP contribution >= 0.6 is 0 Å². The highest BCUT2D eigenvalue weighted by molar-refractivity contribution is 7.82. The maximum Gasteiger partial charge on any atom is 0.254 e. The molecular weight excluding hydrogens is 626 g/mol. The number of anilines is 3. The molecule has 262 valence electrons. The van der Waals surface area contributed by atoms with Crippen molar-refractivity contribution in [1.82, 2.24) is 9.88 Å². The van der Waals surface area contributed by atoms with Gasteiger partial charge in [-0.05, 0) is 80.6 Å². The third-order valence-corrected chi connectivity index (χ3v) is 9.03. The van der Waals surface area contributed by atoms with E-state index in [-0.39, 0.29) is 11.9 Å². The molecule has 48 heavy (non-hydrogen) atoms. The molecule has 1 amide bonds. The van der Waals surface area contributed by atoms with E-state index in [1.54, 1.807) is 24.4 Å². The van der Waals surface area contributed by atoms with E-state index in [9.17, 15) is 18.7 Å². The number of rotatable bonds is 6. The summed E-state index contributed by atoms with van der Waals surface area (Å²) in [4.78, 5) is 24.8. The molecule has 2 aliphatic rings. The number of pyridine rings is 1.